The summed E-state index contributed by atoms with van der Waals surface area (Å²) in [5, 5.41) is 8.24. The van der Waals surface area contributed by atoms with Crippen LogP contribution >= 0.6 is 0 Å². The van der Waals surface area contributed by atoms with Gasteiger partial charge in [-0.25, -0.2) is 9.37 Å². The highest BCUT2D eigenvalue weighted by Crippen LogP contribution is 2.26. The predicted molar refractivity (Wildman–Crippen MR) is 178 cm³/mol. The first-order valence-electron chi connectivity index (χ1n) is 15.4. The number of nitrogens with zero attached hydrogens (tertiary/aromatic N) is 3. The highest BCUT2D eigenvalue weighted by molar-refractivity contribution is 6.09. The van der Waals surface area contributed by atoms with Crippen LogP contribution in [0.5, 0.6) is 0 Å². The van der Waals surface area contributed by atoms with E-state index in [0.717, 1.165) is 5.69 Å². The average Bonchev–Trinajstić information content (AvgIpc) is 3.10. The summed E-state index contributed by atoms with van der Waals surface area (Å²) in [6.07, 6.45) is 1.48. The van der Waals surface area contributed by atoms with Crippen LogP contribution in [-0.2, 0) is 16.1 Å². The number of hydrogen-bond donors (Lipinski definition) is 3. The molecule has 1 unspecified atom stereocenters. The van der Waals surface area contributed by atoms with Crippen LogP contribution < -0.4 is 26.4 Å². The second-order valence-electron chi connectivity index (χ2n) is 11.1. The van der Waals surface area contributed by atoms with Gasteiger partial charge in [-0.2, -0.15) is 0 Å². The third-order valence-electron chi connectivity index (χ3n) is 7.94. The molecular weight excluding hydrogens is 603 g/mol. The molecule has 1 aliphatic rings. The van der Waals surface area contributed by atoms with Crippen molar-refractivity contribution in [1.29, 1.82) is 0 Å². The Morgan fingerprint density at radius 2 is 1.72 bits per heavy atom. The van der Waals surface area contributed by atoms with Crippen LogP contribution in [0.15, 0.2) is 77.7 Å². The molecule has 1 aromatic heterocycles. The molecule has 12 heteroatoms. The van der Waals surface area contributed by atoms with E-state index in [4.69, 9.17) is 4.74 Å². The number of carbonyl (C=O) groups excluding carboxylic acids is 3. The lowest BCUT2D eigenvalue weighted by Gasteiger charge is -2.29. The summed E-state index contributed by atoms with van der Waals surface area (Å²) in [6.45, 7) is 6.21. The molecule has 5 rings (SSSR count). The smallest absolute Gasteiger partial charge is 0.294 e. The molecule has 1 aliphatic heterocycles. The molecule has 1 atom stereocenters. The van der Waals surface area contributed by atoms with Crippen molar-refractivity contribution in [2.75, 3.05) is 50.1 Å². The topological polar surface area (TPSA) is 135 Å². The van der Waals surface area contributed by atoms with Gasteiger partial charge in [0.2, 0.25) is 5.91 Å². The summed E-state index contributed by atoms with van der Waals surface area (Å²) in [5.74, 6) is -1.60. The minimum Gasteiger partial charge on any atom is -0.378 e. The van der Waals surface area contributed by atoms with Crippen molar-refractivity contribution in [1.82, 2.24) is 20.2 Å². The van der Waals surface area contributed by atoms with Crippen LogP contribution in [0.4, 0.5) is 15.9 Å². The van der Waals surface area contributed by atoms with Gasteiger partial charge in [0.05, 0.1) is 37.7 Å². The molecule has 11 nitrogen and oxygen atoms in total. The van der Waals surface area contributed by atoms with Crippen molar-refractivity contribution in [3.63, 3.8) is 0 Å². The maximum absolute atomic E-state index is 14.1. The average molecular weight is 641 g/mol. The Hall–Kier alpha value is -5.20. The van der Waals surface area contributed by atoms with Crippen LogP contribution in [-0.4, -0.2) is 73.1 Å². The van der Waals surface area contributed by atoms with Crippen molar-refractivity contribution in [3.8, 4) is 11.3 Å². The Kier molecular flexibility index (Phi) is 10.5. The number of aromatic nitrogens is 2. The molecule has 4 aromatic rings. The molecule has 47 heavy (non-hydrogen) atoms. The zero-order valence-corrected chi connectivity index (χ0v) is 26.5. The first-order chi connectivity index (χ1) is 22.7. The number of rotatable bonds is 11. The maximum atomic E-state index is 14.1. The van der Waals surface area contributed by atoms with Gasteiger partial charge in [0, 0.05) is 47.6 Å². The van der Waals surface area contributed by atoms with Crippen molar-refractivity contribution in [2.45, 2.75) is 26.4 Å². The molecule has 3 aromatic carbocycles. The van der Waals surface area contributed by atoms with Gasteiger partial charge in [-0.15, -0.1) is 0 Å². The van der Waals surface area contributed by atoms with E-state index < -0.39 is 23.3 Å². The van der Waals surface area contributed by atoms with Gasteiger partial charge >= 0.3 is 0 Å². The van der Waals surface area contributed by atoms with E-state index in [-0.39, 0.29) is 24.1 Å². The number of morpholine rings is 1. The molecular formula is C35H37FN6O5. The van der Waals surface area contributed by atoms with Crippen LogP contribution in [0.3, 0.4) is 0 Å². The standard InChI is InChI=1S/C35H37FN6O5/c1-4-38-34(45)26-7-5-6-25(18-26)30-20-39-32(40-33(44)22(2)37-3)35(46)42(30)21-23-16-27(31(43)24-8-10-28(36)11-9-24)19-29(17-23)41-12-14-47-15-13-41/h5-11,16-20,22,37H,4,12-15,21H2,1-3H3,(H,38,45)(H,39,40,44). The zero-order chi connectivity index (χ0) is 33.5. The number of carbonyl (C=O) groups is 3. The first-order valence-corrected chi connectivity index (χ1v) is 15.4. The van der Waals surface area contributed by atoms with E-state index in [1.165, 1.54) is 35.0 Å². The summed E-state index contributed by atoms with van der Waals surface area (Å²) in [6, 6.07) is 17.0. The van der Waals surface area contributed by atoms with E-state index in [2.05, 4.69) is 25.8 Å². The number of hydrogen-bond acceptors (Lipinski definition) is 8. The largest absolute Gasteiger partial charge is 0.378 e. The monoisotopic (exact) mass is 640 g/mol. The van der Waals surface area contributed by atoms with Crippen LogP contribution in [0.2, 0.25) is 0 Å². The van der Waals surface area contributed by atoms with Crippen LogP contribution in [0.1, 0.15) is 45.7 Å². The number of ether oxygens (including phenoxy) is 1. The lowest BCUT2D eigenvalue weighted by molar-refractivity contribution is -0.117. The zero-order valence-electron chi connectivity index (χ0n) is 26.5. The van der Waals surface area contributed by atoms with Gasteiger partial charge in [0.1, 0.15) is 5.82 Å². The van der Waals surface area contributed by atoms with E-state index in [1.807, 2.05) is 13.0 Å². The fourth-order valence-corrected chi connectivity index (χ4v) is 5.25. The van der Waals surface area contributed by atoms with Crippen LogP contribution in [0.25, 0.3) is 11.3 Å². The summed E-state index contributed by atoms with van der Waals surface area (Å²) in [4.78, 5) is 59.5. The second-order valence-corrected chi connectivity index (χ2v) is 11.1. The lowest BCUT2D eigenvalue weighted by Crippen LogP contribution is -2.38. The van der Waals surface area contributed by atoms with Crippen molar-refractivity contribution in [3.05, 3.63) is 111 Å². The molecule has 0 bridgehead atoms. The molecule has 1 fully saturated rings. The molecule has 2 amide bonds. The number of halogens is 1. The maximum Gasteiger partial charge on any atom is 0.294 e. The number of likely N-dealkylation sites (N-methyl/N-ethyl adjacent to an activating group) is 1. The molecule has 2 heterocycles. The molecule has 0 radical (unpaired) electrons. The van der Waals surface area contributed by atoms with E-state index in [0.29, 0.717) is 66.4 Å². The lowest BCUT2D eigenvalue weighted by atomic mass is 9.99. The van der Waals surface area contributed by atoms with Gasteiger partial charge < -0.3 is 25.6 Å². The summed E-state index contributed by atoms with van der Waals surface area (Å²) >= 11 is 0. The number of benzene rings is 3. The molecule has 0 saturated carbocycles. The Balaban J connectivity index is 1.63. The highest BCUT2D eigenvalue weighted by atomic mass is 19.1. The van der Waals surface area contributed by atoms with Gasteiger partial charge in [0.25, 0.3) is 11.5 Å². The van der Waals surface area contributed by atoms with E-state index >= 15 is 0 Å². The van der Waals surface area contributed by atoms with Crippen LogP contribution in [0, 0.1) is 5.82 Å². The number of anilines is 2. The summed E-state index contributed by atoms with van der Waals surface area (Å²) in [5.41, 5.74) is 2.91. The normalized spacial score (nSPS) is 13.6. The van der Waals surface area contributed by atoms with Crippen molar-refractivity contribution >= 4 is 29.1 Å². The minimum atomic E-state index is -0.580. The quantitative estimate of drug-likeness (QED) is 0.212. The van der Waals surface area contributed by atoms with Gasteiger partial charge in [-0.3, -0.25) is 23.7 Å². The van der Waals surface area contributed by atoms with E-state index in [9.17, 15) is 23.6 Å². The van der Waals surface area contributed by atoms with Crippen molar-refractivity contribution in [2.24, 2.45) is 0 Å². The van der Waals surface area contributed by atoms with Gasteiger partial charge in [0.15, 0.2) is 11.6 Å². The van der Waals surface area contributed by atoms with Crippen molar-refractivity contribution < 1.29 is 23.5 Å². The van der Waals surface area contributed by atoms with Gasteiger partial charge in [-0.05, 0) is 81.1 Å². The number of amides is 2. The summed E-state index contributed by atoms with van der Waals surface area (Å²) in [7, 11) is 1.63. The molecule has 0 spiro atoms. The Morgan fingerprint density at radius 3 is 2.43 bits per heavy atom. The number of nitrogens with one attached hydrogen (secondary N) is 3. The number of ketones is 1. The highest BCUT2D eigenvalue weighted by Gasteiger charge is 2.21. The Labute approximate surface area is 271 Å². The third-order valence-corrected chi connectivity index (χ3v) is 7.94. The SMILES string of the molecule is CCNC(=O)c1cccc(-c2cnc(NC(=O)C(C)NC)c(=O)n2Cc2cc(C(=O)c3ccc(F)cc3)cc(N3CCOCC3)c2)c1. The summed E-state index contributed by atoms with van der Waals surface area (Å²) < 4.78 is 20.6. The predicted octanol–water partition coefficient (Wildman–Crippen LogP) is 3.46. The Bertz CT molecular complexity index is 1840. The molecule has 244 valence electrons. The Morgan fingerprint density at radius 1 is 0.979 bits per heavy atom. The second kappa shape index (κ2) is 14.9. The fraction of sp³-hybridized carbons (Fsp3) is 0.286. The first kappa shape index (κ1) is 33.2. The van der Waals surface area contributed by atoms with E-state index in [1.54, 1.807) is 50.4 Å². The van der Waals surface area contributed by atoms with Gasteiger partial charge in [-0.1, -0.05) is 12.1 Å². The fourth-order valence-electron chi connectivity index (χ4n) is 5.25. The minimum absolute atomic E-state index is 0.00833. The molecule has 0 aliphatic carbocycles. The third kappa shape index (κ3) is 7.79. The molecule has 3 N–H and O–H groups in total. The molecule has 1 saturated heterocycles.